The zero-order valence-corrected chi connectivity index (χ0v) is 25.6. The second-order valence-corrected chi connectivity index (χ2v) is 12.4. The van der Waals surface area contributed by atoms with Gasteiger partial charge in [-0.2, -0.15) is 0 Å². The van der Waals surface area contributed by atoms with Crippen molar-refractivity contribution in [1.29, 1.82) is 0 Å². The Kier molecular flexibility index (Phi) is 15.8. The summed E-state index contributed by atoms with van der Waals surface area (Å²) in [5, 5.41) is 0.589. The van der Waals surface area contributed by atoms with E-state index in [0.29, 0.717) is 23.8 Å². The fourth-order valence-corrected chi connectivity index (χ4v) is 7.36. The zero-order valence-electron chi connectivity index (χ0n) is 22.6. The van der Waals surface area contributed by atoms with Crippen LogP contribution in [-0.4, -0.2) is 49.0 Å². The van der Waals surface area contributed by atoms with E-state index in [2.05, 4.69) is 13.8 Å². The first-order chi connectivity index (χ1) is 17.1. The van der Waals surface area contributed by atoms with Crippen LogP contribution in [0.25, 0.3) is 10.8 Å². The van der Waals surface area contributed by atoms with Gasteiger partial charge in [0.1, 0.15) is 20.2 Å². The van der Waals surface area contributed by atoms with Gasteiger partial charge in [0.25, 0.3) is 0 Å². The van der Waals surface area contributed by atoms with Gasteiger partial charge >= 0.3 is 23.1 Å². The maximum absolute atomic E-state index is 12.4. The molecule has 0 spiro atoms. The summed E-state index contributed by atoms with van der Waals surface area (Å²) in [4.78, 5) is -1.70. The summed E-state index contributed by atoms with van der Waals surface area (Å²) in [6.07, 6.45) is 15.4. The molecule has 0 saturated heterocycles. The topological polar surface area (TPSA) is 114 Å². The van der Waals surface area contributed by atoms with Crippen molar-refractivity contribution in [3.05, 3.63) is 35.4 Å². The van der Waals surface area contributed by atoms with E-state index in [4.69, 9.17) is 0 Å². The summed E-state index contributed by atoms with van der Waals surface area (Å²) >= 11 is 0. The van der Waals surface area contributed by atoms with Gasteiger partial charge in [-0.05, 0) is 42.2 Å². The van der Waals surface area contributed by atoms with Crippen LogP contribution >= 0.6 is 0 Å². The molecule has 2 aromatic carbocycles. The Balaban J connectivity index is 0.00000684. The molecule has 0 radical (unpaired) electrons. The Morgan fingerprint density at radius 3 is 1.35 bits per heavy atom. The molecule has 0 saturated carbocycles. The predicted molar refractivity (Wildman–Crippen MR) is 149 cm³/mol. The van der Waals surface area contributed by atoms with E-state index in [0.717, 1.165) is 57.8 Å². The van der Waals surface area contributed by atoms with Crippen LogP contribution in [0.2, 0.25) is 0 Å². The van der Waals surface area contributed by atoms with Gasteiger partial charge in [-0.1, -0.05) is 115 Å². The average Bonchev–Trinajstić information content (AvgIpc) is 2.81. The number of benzene rings is 2. The molecule has 0 unspecified atom stereocenters. The molecule has 0 aliphatic carbocycles. The Morgan fingerprint density at radius 1 is 0.541 bits per heavy atom. The first-order valence-corrected chi connectivity index (χ1v) is 16.4. The van der Waals surface area contributed by atoms with E-state index in [9.17, 15) is 25.9 Å². The van der Waals surface area contributed by atoms with Gasteiger partial charge in [-0.25, -0.2) is 16.8 Å². The van der Waals surface area contributed by atoms with Crippen LogP contribution in [0.5, 0.6) is 0 Å². The van der Waals surface area contributed by atoms with Gasteiger partial charge in [0.05, 0.1) is 9.79 Å². The molecule has 0 atom stereocenters. The van der Waals surface area contributed by atoms with Crippen molar-refractivity contribution in [2.24, 2.45) is 0 Å². The Morgan fingerprint density at radius 2 is 0.919 bits per heavy atom. The van der Waals surface area contributed by atoms with Crippen molar-refractivity contribution in [2.45, 2.75) is 126 Å². The molecule has 0 amide bonds. The van der Waals surface area contributed by atoms with Gasteiger partial charge in [0, 0.05) is 5.39 Å². The van der Waals surface area contributed by atoms with E-state index in [-0.39, 0.29) is 40.4 Å². The number of rotatable bonds is 18. The van der Waals surface area contributed by atoms with Gasteiger partial charge < -0.3 is 9.11 Å². The molecule has 0 aromatic heterocycles. The molecule has 0 heterocycles. The van der Waals surface area contributed by atoms with Gasteiger partial charge in [0.2, 0.25) is 0 Å². The zero-order chi connectivity index (χ0) is 26.6. The quantitative estimate of drug-likeness (QED) is 0.111. The fraction of sp³-hybridized carbons (Fsp3) is 0.643. The molecule has 0 bridgehead atoms. The van der Waals surface area contributed by atoms with E-state index in [1.54, 1.807) is 18.2 Å². The molecular formula is C28H42MgO6S2. The largest absolute Gasteiger partial charge is 2.00 e. The number of fused-ring (bicyclic) bond motifs is 1. The first-order valence-electron chi connectivity index (χ1n) is 13.6. The molecule has 9 heteroatoms. The monoisotopic (exact) mass is 562 g/mol. The smallest absolute Gasteiger partial charge is 0.744 e. The van der Waals surface area contributed by atoms with E-state index in [1.807, 2.05) is 0 Å². The molecule has 0 N–H and O–H groups in total. The Labute approximate surface area is 240 Å². The number of unbranched alkanes of at least 4 members (excludes halogenated alkanes) is 12. The van der Waals surface area contributed by atoms with E-state index >= 15 is 0 Å². The molecule has 0 fully saturated rings. The number of hydrogen-bond acceptors (Lipinski definition) is 6. The van der Waals surface area contributed by atoms with Gasteiger partial charge in [-0.3, -0.25) is 0 Å². The minimum Gasteiger partial charge on any atom is -0.744 e. The molecule has 6 nitrogen and oxygen atoms in total. The minimum absolute atomic E-state index is 0. The van der Waals surface area contributed by atoms with E-state index in [1.165, 1.54) is 31.7 Å². The van der Waals surface area contributed by atoms with Crippen molar-refractivity contribution in [2.75, 3.05) is 0 Å². The minimum atomic E-state index is -5.20. The van der Waals surface area contributed by atoms with E-state index < -0.39 is 30.0 Å². The third-order valence-electron chi connectivity index (χ3n) is 6.90. The van der Waals surface area contributed by atoms with Crippen LogP contribution in [0.1, 0.15) is 115 Å². The Hall–Kier alpha value is -0.714. The SMILES string of the molecule is CCCCCCCCCc1c(S(=O)(=O)[O-])c(S(=O)(=O)[O-])c2ccccc2c1CCCCCCCCC.[Mg+2]. The van der Waals surface area contributed by atoms with Crippen LogP contribution in [0.4, 0.5) is 0 Å². The number of hydrogen-bond donors (Lipinski definition) is 0. The summed E-state index contributed by atoms with van der Waals surface area (Å²) in [5.41, 5.74) is 0.935. The van der Waals surface area contributed by atoms with Crippen molar-refractivity contribution in [3.8, 4) is 0 Å². The van der Waals surface area contributed by atoms with Crippen LogP contribution < -0.4 is 0 Å². The van der Waals surface area contributed by atoms with Crippen LogP contribution in [0, 0.1) is 0 Å². The van der Waals surface area contributed by atoms with Crippen LogP contribution in [0.3, 0.4) is 0 Å². The molecule has 37 heavy (non-hydrogen) atoms. The van der Waals surface area contributed by atoms with Crippen molar-refractivity contribution < 1.29 is 25.9 Å². The summed E-state index contributed by atoms with van der Waals surface area (Å²) in [6, 6.07) is 6.48. The molecule has 0 aliphatic heterocycles. The first kappa shape index (κ1) is 34.3. The second kappa shape index (κ2) is 17.1. The molecule has 0 aliphatic rings. The summed E-state index contributed by atoms with van der Waals surface area (Å²) < 4.78 is 74.2. The van der Waals surface area contributed by atoms with Crippen LogP contribution in [-0.2, 0) is 33.1 Å². The third-order valence-corrected chi connectivity index (χ3v) is 8.91. The predicted octanol–water partition coefficient (Wildman–Crippen LogP) is 6.85. The van der Waals surface area contributed by atoms with Crippen LogP contribution in [0.15, 0.2) is 34.1 Å². The second-order valence-electron chi connectivity index (χ2n) is 9.81. The standard InChI is InChI=1S/C28H44O6S2.Mg/c1-3-5-7-9-11-13-15-19-23-24-20-17-18-22-26(24)28(36(32,33)34)27(35(29,30)31)25(23)21-16-14-12-10-8-6-4-2;/h17-18,20,22H,3-16,19,21H2,1-2H3,(H,29,30,31)(H,32,33,34);/q;+2/p-2. The number of aryl methyl sites for hydroxylation is 1. The maximum Gasteiger partial charge on any atom is 2.00 e. The van der Waals surface area contributed by atoms with Gasteiger partial charge in [0.15, 0.2) is 0 Å². The average molecular weight is 563 g/mol. The summed E-state index contributed by atoms with van der Waals surface area (Å²) in [7, 11) is -10.4. The normalized spacial score (nSPS) is 12.1. The van der Waals surface area contributed by atoms with Crippen molar-refractivity contribution in [1.82, 2.24) is 0 Å². The molecule has 204 valence electrons. The van der Waals surface area contributed by atoms with Crippen molar-refractivity contribution in [3.63, 3.8) is 0 Å². The summed E-state index contributed by atoms with van der Waals surface area (Å²) in [6.45, 7) is 4.32. The van der Waals surface area contributed by atoms with Gasteiger partial charge in [-0.15, -0.1) is 0 Å². The maximum atomic E-state index is 12.4. The molecule has 2 rings (SSSR count). The van der Waals surface area contributed by atoms with Crippen molar-refractivity contribution >= 4 is 54.1 Å². The summed E-state index contributed by atoms with van der Waals surface area (Å²) in [5.74, 6) is 0. The fourth-order valence-electron chi connectivity index (χ4n) is 5.08. The third kappa shape index (κ3) is 10.8. The Bertz CT molecular complexity index is 1180. The molecule has 2 aromatic rings. The molecular weight excluding hydrogens is 521 g/mol.